The third-order valence-electron chi connectivity index (χ3n) is 3.47. The first-order chi connectivity index (χ1) is 11.7. The Morgan fingerprint density at radius 2 is 1.54 bits per heavy atom. The van der Waals surface area contributed by atoms with E-state index in [4.69, 9.17) is 19.3 Å². The van der Waals surface area contributed by atoms with Gasteiger partial charge >= 0.3 is 5.97 Å². The molecule has 0 heterocycles. The third kappa shape index (κ3) is 5.93. The molecule has 0 aliphatic heterocycles. The number of hydrogen-bond donors (Lipinski definition) is 1. The van der Waals surface area contributed by atoms with Crippen molar-refractivity contribution < 1.29 is 24.1 Å². The fourth-order valence-electron chi connectivity index (χ4n) is 2.16. The molecule has 128 valence electrons. The van der Waals surface area contributed by atoms with Gasteiger partial charge in [0.15, 0.2) is 6.10 Å². The van der Waals surface area contributed by atoms with Crippen LogP contribution in [0.3, 0.4) is 0 Å². The molecule has 1 N–H and O–H groups in total. The Balaban J connectivity index is 1.69. The number of carbonyl (C=O) groups is 1. The predicted octanol–water partition coefficient (Wildman–Crippen LogP) is 3.18. The van der Waals surface area contributed by atoms with Gasteiger partial charge in [-0.1, -0.05) is 30.3 Å². The van der Waals surface area contributed by atoms with Crippen molar-refractivity contribution in [2.45, 2.75) is 18.9 Å². The molecule has 24 heavy (non-hydrogen) atoms. The van der Waals surface area contributed by atoms with Crippen LogP contribution in [0.5, 0.6) is 11.5 Å². The predicted molar refractivity (Wildman–Crippen MR) is 90.6 cm³/mol. The first kappa shape index (κ1) is 17.8. The van der Waals surface area contributed by atoms with Crippen LogP contribution in [0.25, 0.3) is 0 Å². The normalized spacial score (nSPS) is 11.7. The minimum absolute atomic E-state index is 0.330. The summed E-state index contributed by atoms with van der Waals surface area (Å²) in [5, 5.41) is 8.98. The molecule has 0 saturated carbocycles. The highest BCUT2D eigenvalue weighted by atomic mass is 16.5. The largest absolute Gasteiger partial charge is 0.493 e. The Morgan fingerprint density at radius 3 is 2.08 bits per heavy atom. The van der Waals surface area contributed by atoms with Gasteiger partial charge in [0.05, 0.1) is 13.2 Å². The van der Waals surface area contributed by atoms with E-state index < -0.39 is 12.1 Å². The van der Waals surface area contributed by atoms with Gasteiger partial charge in [-0.3, -0.25) is 0 Å². The van der Waals surface area contributed by atoms with Crippen molar-refractivity contribution in [3.8, 4) is 11.5 Å². The van der Waals surface area contributed by atoms with Crippen LogP contribution < -0.4 is 9.47 Å². The van der Waals surface area contributed by atoms with E-state index in [0.717, 1.165) is 23.5 Å². The molecule has 0 bridgehead atoms. The molecule has 2 aromatic carbocycles. The SMILES string of the molecule is COC(Cc1ccc(OCCCOc2ccccc2)cc1)C(=O)O. The average molecular weight is 330 g/mol. The van der Waals surface area contributed by atoms with Crippen LogP contribution >= 0.6 is 0 Å². The number of ether oxygens (including phenoxy) is 3. The van der Waals surface area contributed by atoms with Gasteiger partial charge in [-0.2, -0.15) is 0 Å². The van der Waals surface area contributed by atoms with E-state index in [0.29, 0.717) is 19.6 Å². The molecule has 0 aromatic heterocycles. The van der Waals surface area contributed by atoms with E-state index in [1.165, 1.54) is 7.11 Å². The van der Waals surface area contributed by atoms with Gasteiger partial charge in [0, 0.05) is 20.0 Å². The Kier molecular flexibility index (Phi) is 7.11. The number of rotatable bonds is 10. The van der Waals surface area contributed by atoms with Crippen LogP contribution in [0, 0.1) is 0 Å². The number of benzene rings is 2. The zero-order valence-corrected chi connectivity index (χ0v) is 13.7. The zero-order valence-electron chi connectivity index (χ0n) is 13.7. The summed E-state index contributed by atoms with van der Waals surface area (Å²) in [5.41, 5.74) is 0.893. The maximum atomic E-state index is 10.9. The molecule has 1 unspecified atom stereocenters. The topological polar surface area (TPSA) is 65.0 Å². The van der Waals surface area contributed by atoms with Crippen LogP contribution in [-0.4, -0.2) is 37.5 Å². The second kappa shape index (κ2) is 9.57. The lowest BCUT2D eigenvalue weighted by atomic mass is 10.1. The summed E-state index contributed by atoms with van der Waals surface area (Å²) in [6, 6.07) is 17.0. The smallest absolute Gasteiger partial charge is 0.333 e. The third-order valence-corrected chi connectivity index (χ3v) is 3.47. The summed E-state index contributed by atoms with van der Waals surface area (Å²) in [6.45, 7) is 1.15. The molecule has 0 radical (unpaired) electrons. The van der Waals surface area contributed by atoms with E-state index in [9.17, 15) is 4.79 Å². The van der Waals surface area contributed by atoms with Gasteiger partial charge < -0.3 is 19.3 Å². The maximum absolute atomic E-state index is 10.9. The molecule has 2 aromatic rings. The van der Waals surface area contributed by atoms with Gasteiger partial charge in [-0.05, 0) is 29.8 Å². The van der Waals surface area contributed by atoms with Crippen molar-refractivity contribution in [1.82, 2.24) is 0 Å². The standard InChI is InChI=1S/C19H22O5/c1-22-18(19(20)21)14-15-8-10-17(11-9-15)24-13-5-12-23-16-6-3-2-4-7-16/h2-4,6-11,18H,5,12-14H2,1H3,(H,20,21). The van der Waals surface area contributed by atoms with Crippen molar-refractivity contribution in [3.63, 3.8) is 0 Å². The Bertz CT molecular complexity index is 609. The molecule has 5 heteroatoms. The highest BCUT2D eigenvalue weighted by Crippen LogP contribution is 2.15. The average Bonchev–Trinajstić information content (AvgIpc) is 2.61. The number of carboxylic acids is 1. The van der Waals surface area contributed by atoms with Crippen LogP contribution in [-0.2, 0) is 16.0 Å². The molecule has 0 saturated heterocycles. The zero-order chi connectivity index (χ0) is 17.2. The highest BCUT2D eigenvalue weighted by molar-refractivity contribution is 5.72. The van der Waals surface area contributed by atoms with Crippen LogP contribution in [0.15, 0.2) is 54.6 Å². The van der Waals surface area contributed by atoms with Crippen molar-refractivity contribution in [1.29, 1.82) is 0 Å². The number of hydrogen-bond acceptors (Lipinski definition) is 4. The van der Waals surface area contributed by atoms with E-state index in [1.54, 1.807) is 0 Å². The van der Waals surface area contributed by atoms with Gasteiger partial charge in [0.2, 0.25) is 0 Å². The Hall–Kier alpha value is -2.53. The summed E-state index contributed by atoms with van der Waals surface area (Å²) < 4.78 is 16.2. The van der Waals surface area contributed by atoms with Crippen LogP contribution in [0.1, 0.15) is 12.0 Å². The molecule has 5 nitrogen and oxygen atoms in total. The number of para-hydroxylation sites is 1. The molecular weight excluding hydrogens is 308 g/mol. The van der Waals surface area contributed by atoms with Gasteiger partial charge in [-0.25, -0.2) is 4.79 Å². The van der Waals surface area contributed by atoms with Gasteiger partial charge in [0.25, 0.3) is 0 Å². The Labute approximate surface area is 141 Å². The number of aliphatic carboxylic acids is 1. The molecule has 0 spiro atoms. The van der Waals surface area contributed by atoms with Gasteiger partial charge in [0.1, 0.15) is 11.5 Å². The number of carboxylic acid groups (broad SMARTS) is 1. The van der Waals surface area contributed by atoms with Crippen molar-refractivity contribution in [3.05, 3.63) is 60.2 Å². The minimum Gasteiger partial charge on any atom is -0.493 e. The lowest BCUT2D eigenvalue weighted by Crippen LogP contribution is -2.24. The van der Waals surface area contributed by atoms with Crippen molar-refractivity contribution >= 4 is 5.97 Å². The minimum atomic E-state index is -0.962. The maximum Gasteiger partial charge on any atom is 0.333 e. The monoisotopic (exact) mass is 330 g/mol. The first-order valence-electron chi connectivity index (χ1n) is 7.84. The lowest BCUT2D eigenvalue weighted by Gasteiger charge is -2.11. The molecule has 2 rings (SSSR count). The molecule has 1 atom stereocenters. The number of methoxy groups -OCH3 is 1. The van der Waals surface area contributed by atoms with Gasteiger partial charge in [-0.15, -0.1) is 0 Å². The second-order valence-corrected chi connectivity index (χ2v) is 5.27. The van der Waals surface area contributed by atoms with E-state index in [2.05, 4.69) is 0 Å². The first-order valence-corrected chi connectivity index (χ1v) is 7.84. The summed E-state index contributed by atoms with van der Waals surface area (Å²) in [6.07, 6.45) is 0.283. The van der Waals surface area contributed by atoms with Crippen LogP contribution in [0.2, 0.25) is 0 Å². The van der Waals surface area contributed by atoms with E-state index in [-0.39, 0.29) is 0 Å². The molecule has 0 aliphatic carbocycles. The van der Waals surface area contributed by atoms with Crippen LogP contribution in [0.4, 0.5) is 0 Å². The Morgan fingerprint density at radius 1 is 0.958 bits per heavy atom. The van der Waals surface area contributed by atoms with E-state index in [1.807, 2.05) is 54.6 Å². The lowest BCUT2D eigenvalue weighted by molar-refractivity contribution is -0.148. The summed E-state index contributed by atoms with van der Waals surface area (Å²) in [7, 11) is 1.40. The fourth-order valence-corrected chi connectivity index (χ4v) is 2.16. The molecular formula is C19H22O5. The second-order valence-electron chi connectivity index (χ2n) is 5.27. The van der Waals surface area contributed by atoms with Crippen molar-refractivity contribution in [2.24, 2.45) is 0 Å². The fraction of sp³-hybridized carbons (Fsp3) is 0.316. The molecule has 0 aliphatic rings. The highest BCUT2D eigenvalue weighted by Gasteiger charge is 2.16. The molecule has 0 amide bonds. The summed E-state index contributed by atoms with van der Waals surface area (Å²) in [4.78, 5) is 10.9. The molecule has 0 fully saturated rings. The summed E-state index contributed by atoms with van der Waals surface area (Å²) >= 11 is 0. The van der Waals surface area contributed by atoms with E-state index >= 15 is 0 Å². The summed E-state index contributed by atoms with van der Waals surface area (Å²) in [5.74, 6) is 0.645. The van der Waals surface area contributed by atoms with Crippen molar-refractivity contribution in [2.75, 3.05) is 20.3 Å². The quantitative estimate of drug-likeness (QED) is 0.678.